The number of ether oxygens (including phenoxy) is 2. The van der Waals surface area contributed by atoms with Crippen LogP contribution in [0.5, 0.6) is 11.5 Å². The maximum atomic E-state index is 12.7. The van der Waals surface area contributed by atoms with Crippen molar-refractivity contribution in [3.05, 3.63) is 59.7 Å². The van der Waals surface area contributed by atoms with Crippen molar-refractivity contribution >= 4 is 5.91 Å². The van der Waals surface area contributed by atoms with Gasteiger partial charge in [0, 0.05) is 12.1 Å². The van der Waals surface area contributed by atoms with E-state index in [1.807, 2.05) is 37.3 Å². The molecule has 28 heavy (non-hydrogen) atoms. The minimum atomic E-state index is -0.0722. The SMILES string of the molecule is CCOc1cccc(C(=O)NC[C@@H](c2ccc(OC)cc2)N2CCCCC2)c1. The van der Waals surface area contributed by atoms with Crippen molar-refractivity contribution in [2.75, 3.05) is 33.4 Å². The van der Waals surface area contributed by atoms with Crippen LogP contribution in [-0.2, 0) is 0 Å². The Kier molecular flexibility index (Phi) is 7.31. The smallest absolute Gasteiger partial charge is 0.251 e. The van der Waals surface area contributed by atoms with Gasteiger partial charge in [-0.2, -0.15) is 0 Å². The van der Waals surface area contributed by atoms with Gasteiger partial charge < -0.3 is 14.8 Å². The predicted molar refractivity (Wildman–Crippen MR) is 111 cm³/mol. The number of piperidine rings is 1. The molecule has 0 unspecified atom stereocenters. The normalized spacial score (nSPS) is 15.6. The predicted octanol–water partition coefficient (Wildman–Crippen LogP) is 4.05. The summed E-state index contributed by atoms with van der Waals surface area (Å²) in [6.07, 6.45) is 3.69. The Morgan fingerprint density at radius 1 is 1.07 bits per heavy atom. The number of carbonyl (C=O) groups is 1. The second kappa shape index (κ2) is 10.1. The molecule has 1 fully saturated rings. The summed E-state index contributed by atoms with van der Waals surface area (Å²) in [5, 5.41) is 3.13. The molecule has 0 spiro atoms. The van der Waals surface area contributed by atoms with Crippen LogP contribution in [0.3, 0.4) is 0 Å². The van der Waals surface area contributed by atoms with E-state index in [4.69, 9.17) is 9.47 Å². The molecule has 5 nitrogen and oxygen atoms in total. The van der Waals surface area contributed by atoms with Crippen LogP contribution in [0.2, 0.25) is 0 Å². The van der Waals surface area contributed by atoms with Crippen LogP contribution in [0.4, 0.5) is 0 Å². The van der Waals surface area contributed by atoms with Crippen LogP contribution in [0.25, 0.3) is 0 Å². The Morgan fingerprint density at radius 2 is 1.82 bits per heavy atom. The van der Waals surface area contributed by atoms with Gasteiger partial charge in [-0.1, -0.05) is 24.6 Å². The van der Waals surface area contributed by atoms with Crippen LogP contribution < -0.4 is 14.8 Å². The minimum absolute atomic E-state index is 0.0722. The fraction of sp³-hybridized carbons (Fsp3) is 0.435. The van der Waals surface area contributed by atoms with Gasteiger partial charge in [0.25, 0.3) is 5.91 Å². The van der Waals surface area contributed by atoms with Crippen molar-refractivity contribution in [3.63, 3.8) is 0 Å². The molecular weight excluding hydrogens is 352 g/mol. The summed E-state index contributed by atoms with van der Waals surface area (Å²) < 4.78 is 10.8. The second-order valence-electron chi connectivity index (χ2n) is 7.06. The molecule has 0 bridgehead atoms. The summed E-state index contributed by atoms with van der Waals surface area (Å²) in [5.41, 5.74) is 1.82. The Bertz CT molecular complexity index is 755. The van der Waals surface area contributed by atoms with Crippen LogP contribution in [-0.4, -0.2) is 44.2 Å². The lowest BCUT2D eigenvalue weighted by atomic mass is 10.0. The van der Waals surface area contributed by atoms with Crippen LogP contribution >= 0.6 is 0 Å². The number of carbonyl (C=O) groups excluding carboxylic acids is 1. The molecule has 1 N–H and O–H groups in total. The maximum absolute atomic E-state index is 12.7. The summed E-state index contributed by atoms with van der Waals surface area (Å²) in [7, 11) is 1.67. The average Bonchev–Trinajstić information content (AvgIpc) is 2.75. The first-order valence-electron chi connectivity index (χ1n) is 10.1. The highest BCUT2D eigenvalue weighted by Crippen LogP contribution is 2.26. The van der Waals surface area contributed by atoms with E-state index < -0.39 is 0 Å². The van der Waals surface area contributed by atoms with Gasteiger partial charge in [0.15, 0.2) is 0 Å². The molecule has 1 saturated heterocycles. The monoisotopic (exact) mass is 382 g/mol. The zero-order valence-electron chi connectivity index (χ0n) is 16.8. The number of nitrogens with one attached hydrogen (secondary N) is 1. The molecule has 5 heteroatoms. The van der Waals surface area contributed by atoms with E-state index in [9.17, 15) is 4.79 Å². The Morgan fingerprint density at radius 3 is 2.50 bits per heavy atom. The number of methoxy groups -OCH3 is 1. The molecule has 1 amide bonds. The van der Waals surface area contributed by atoms with Crippen molar-refractivity contribution in [2.24, 2.45) is 0 Å². The standard InChI is InChI=1S/C23H30N2O3/c1-3-28-21-9-7-8-19(16-21)23(26)24-17-22(25-14-5-4-6-15-25)18-10-12-20(27-2)13-11-18/h7-13,16,22H,3-6,14-15,17H2,1-2H3,(H,24,26)/t22-/m0/s1. The van der Waals surface area contributed by atoms with Crippen molar-refractivity contribution in [2.45, 2.75) is 32.2 Å². The molecule has 0 radical (unpaired) electrons. The van der Waals surface area contributed by atoms with Gasteiger partial charge >= 0.3 is 0 Å². The van der Waals surface area contributed by atoms with Crippen molar-refractivity contribution in [1.82, 2.24) is 10.2 Å². The zero-order chi connectivity index (χ0) is 19.8. The molecule has 3 rings (SSSR count). The van der Waals surface area contributed by atoms with Gasteiger partial charge in [-0.05, 0) is 68.8 Å². The average molecular weight is 383 g/mol. The van der Waals surface area contributed by atoms with Gasteiger partial charge in [0.1, 0.15) is 11.5 Å². The third kappa shape index (κ3) is 5.26. The number of likely N-dealkylation sites (tertiary alicyclic amines) is 1. The summed E-state index contributed by atoms with van der Waals surface area (Å²) >= 11 is 0. The minimum Gasteiger partial charge on any atom is -0.497 e. The van der Waals surface area contributed by atoms with E-state index in [0.29, 0.717) is 18.7 Å². The van der Waals surface area contributed by atoms with Gasteiger partial charge in [0.2, 0.25) is 0 Å². The van der Waals surface area contributed by atoms with Gasteiger partial charge in [-0.3, -0.25) is 9.69 Å². The molecule has 1 atom stereocenters. The summed E-state index contributed by atoms with van der Waals surface area (Å²) in [6.45, 7) is 5.22. The largest absolute Gasteiger partial charge is 0.497 e. The molecule has 1 aliphatic rings. The number of benzene rings is 2. The van der Waals surface area contributed by atoms with Crippen LogP contribution in [0.1, 0.15) is 48.1 Å². The van der Waals surface area contributed by atoms with Crippen LogP contribution in [0, 0.1) is 0 Å². The first kappa shape index (κ1) is 20.2. The molecule has 1 heterocycles. The topological polar surface area (TPSA) is 50.8 Å². The lowest BCUT2D eigenvalue weighted by Gasteiger charge is -2.35. The van der Waals surface area contributed by atoms with E-state index in [1.165, 1.54) is 24.8 Å². The zero-order valence-corrected chi connectivity index (χ0v) is 16.8. The molecule has 2 aromatic rings. The van der Waals surface area contributed by atoms with Gasteiger partial charge in [-0.15, -0.1) is 0 Å². The lowest BCUT2D eigenvalue weighted by molar-refractivity contribution is 0.0924. The first-order valence-corrected chi connectivity index (χ1v) is 10.1. The first-order chi connectivity index (χ1) is 13.7. The van der Waals surface area contributed by atoms with E-state index in [0.717, 1.165) is 24.6 Å². The number of hydrogen-bond donors (Lipinski definition) is 1. The molecule has 150 valence electrons. The van der Waals surface area contributed by atoms with Gasteiger partial charge in [0.05, 0.1) is 19.8 Å². The third-order valence-electron chi connectivity index (χ3n) is 5.20. The van der Waals surface area contributed by atoms with Crippen molar-refractivity contribution in [3.8, 4) is 11.5 Å². The number of amides is 1. The number of hydrogen-bond acceptors (Lipinski definition) is 4. The quantitative estimate of drug-likeness (QED) is 0.748. The second-order valence-corrected chi connectivity index (χ2v) is 7.06. The number of nitrogens with zero attached hydrogens (tertiary/aromatic N) is 1. The van der Waals surface area contributed by atoms with E-state index >= 15 is 0 Å². The molecule has 0 aliphatic carbocycles. The Labute approximate surface area is 167 Å². The van der Waals surface area contributed by atoms with Crippen molar-refractivity contribution < 1.29 is 14.3 Å². The fourth-order valence-corrected chi connectivity index (χ4v) is 3.70. The Balaban J connectivity index is 1.71. The van der Waals surface area contributed by atoms with E-state index in [1.54, 1.807) is 13.2 Å². The van der Waals surface area contributed by atoms with Crippen LogP contribution in [0.15, 0.2) is 48.5 Å². The lowest BCUT2D eigenvalue weighted by Crippen LogP contribution is -2.40. The summed E-state index contributed by atoms with van der Waals surface area (Å²) in [5.74, 6) is 1.49. The summed E-state index contributed by atoms with van der Waals surface area (Å²) in [4.78, 5) is 15.2. The molecule has 0 saturated carbocycles. The highest BCUT2D eigenvalue weighted by atomic mass is 16.5. The van der Waals surface area contributed by atoms with E-state index in [-0.39, 0.29) is 11.9 Å². The molecule has 1 aliphatic heterocycles. The van der Waals surface area contributed by atoms with Crippen molar-refractivity contribution in [1.29, 1.82) is 0 Å². The van der Waals surface area contributed by atoms with E-state index in [2.05, 4.69) is 22.3 Å². The fourth-order valence-electron chi connectivity index (χ4n) is 3.70. The molecule has 2 aromatic carbocycles. The molecule has 0 aromatic heterocycles. The van der Waals surface area contributed by atoms with Gasteiger partial charge in [-0.25, -0.2) is 0 Å². The highest BCUT2D eigenvalue weighted by molar-refractivity contribution is 5.94. The third-order valence-corrected chi connectivity index (χ3v) is 5.20. The Hall–Kier alpha value is -2.53. The number of rotatable bonds is 8. The summed E-state index contributed by atoms with van der Waals surface area (Å²) in [6, 6.07) is 15.7. The maximum Gasteiger partial charge on any atom is 0.251 e. The highest BCUT2D eigenvalue weighted by Gasteiger charge is 2.23. The molecular formula is C23H30N2O3.